The number of aliphatic hydroxyl groups excluding tert-OH is 1. The summed E-state index contributed by atoms with van der Waals surface area (Å²) in [5, 5.41) is 19.8. The van der Waals surface area contributed by atoms with Gasteiger partial charge in [-0.25, -0.2) is 0 Å². The van der Waals surface area contributed by atoms with Gasteiger partial charge in [0.05, 0.1) is 23.6 Å². The van der Waals surface area contributed by atoms with Gasteiger partial charge in [0.15, 0.2) is 6.23 Å². The van der Waals surface area contributed by atoms with Crippen molar-refractivity contribution in [2.75, 3.05) is 12.1 Å². The molecule has 138 valence electrons. The van der Waals surface area contributed by atoms with Crippen LogP contribution in [0.2, 0.25) is 0 Å². The first-order chi connectivity index (χ1) is 13.1. The fourth-order valence-corrected chi connectivity index (χ4v) is 3.66. The first-order valence-corrected chi connectivity index (χ1v) is 9.12. The number of benzene rings is 2. The second-order valence-electron chi connectivity index (χ2n) is 6.89. The smallest absolute Gasteiger partial charge is 0.175 e. The third-order valence-electron chi connectivity index (χ3n) is 5.06. The highest BCUT2D eigenvalue weighted by Gasteiger charge is 2.36. The summed E-state index contributed by atoms with van der Waals surface area (Å²) in [7, 11) is 1.98. The van der Waals surface area contributed by atoms with Crippen LogP contribution in [-0.2, 0) is 6.54 Å². The molecule has 5 heteroatoms. The average molecular weight is 360 g/mol. The number of anilines is 1. The topological polar surface area (TPSA) is 44.5 Å². The molecule has 0 fully saturated rings. The molecule has 5 nitrogen and oxygen atoms in total. The molecule has 1 aliphatic heterocycles. The van der Waals surface area contributed by atoms with E-state index in [9.17, 15) is 5.11 Å². The Balaban J connectivity index is 1.73. The number of nitrogens with zero attached hydrogens (tertiary/aromatic N) is 4. The lowest BCUT2D eigenvalue weighted by Gasteiger charge is -2.32. The van der Waals surface area contributed by atoms with Gasteiger partial charge in [-0.15, -0.1) is 0 Å². The summed E-state index contributed by atoms with van der Waals surface area (Å²) in [6.45, 7) is 4.69. The maximum absolute atomic E-state index is 11.2. The number of hydrazine groups is 1. The van der Waals surface area contributed by atoms with Crippen LogP contribution in [0.3, 0.4) is 0 Å². The zero-order valence-corrected chi connectivity index (χ0v) is 15.9. The summed E-state index contributed by atoms with van der Waals surface area (Å²) in [6, 6.07) is 22.3. The highest BCUT2D eigenvalue weighted by Crippen LogP contribution is 2.37. The molecule has 1 N–H and O–H groups in total. The van der Waals surface area contributed by atoms with E-state index in [2.05, 4.69) is 17.2 Å². The Kier molecular flexibility index (Phi) is 4.46. The van der Waals surface area contributed by atoms with Crippen molar-refractivity contribution >= 4 is 11.3 Å². The Hall–Kier alpha value is -3.05. The molecule has 0 radical (unpaired) electrons. The van der Waals surface area contributed by atoms with Crippen molar-refractivity contribution in [3.63, 3.8) is 0 Å². The summed E-state index contributed by atoms with van der Waals surface area (Å²) >= 11 is 0. The van der Waals surface area contributed by atoms with Gasteiger partial charge in [-0.05, 0) is 37.6 Å². The molecule has 1 aromatic heterocycles. The summed E-state index contributed by atoms with van der Waals surface area (Å²) in [5.74, 6) is 0. The predicted octanol–water partition coefficient (Wildman–Crippen LogP) is 3.66. The zero-order valence-electron chi connectivity index (χ0n) is 15.9. The SMILES string of the molecule is CC1=C(c2cc(C)nn2Cc2ccccc2)C(O)N(c2ccccc2)N1C. The minimum absolute atomic E-state index is 0.669. The average Bonchev–Trinajstić information content (AvgIpc) is 3.13. The number of aliphatic hydroxyl groups is 1. The molecule has 2 aromatic carbocycles. The van der Waals surface area contributed by atoms with Crippen LogP contribution < -0.4 is 5.01 Å². The molecular weight excluding hydrogens is 336 g/mol. The molecule has 2 heterocycles. The first kappa shape index (κ1) is 17.4. The molecule has 0 amide bonds. The van der Waals surface area contributed by atoms with Gasteiger partial charge in [0, 0.05) is 18.3 Å². The number of rotatable bonds is 4. The Bertz CT molecular complexity index is 962. The molecule has 1 unspecified atom stereocenters. The Labute approximate surface area is 159 Å². The van der Waals surface area contributed by atoms with Gasteiger partial charge in [-0.3, -0.25) is 14.7 Å². The van der Waals surface area contributed by atoms with E-state index in [4.69, 9.17) is 0 Å². The molecule has 0 bridgehead atoms. The maximum Gasteiger partial charge on any atom is 0.175 e. The van der Waals surface area contributed by atoms with E-state index in [1.165, 1.54) is 5.56 Å². The van der Waals surface area contributed by atoms with Gasteiger partial charge in [0.25, 0.3) is 0 Å². The number of hydrogen-bond acceptors (Lipinski definition) is 4. The standard InChI is InChI=1S/C22H24N4O/c1-16-14-20(25(23-16)15-18-10-6-4-7-11-18)21-17(2)24(3)26(22(21)27)19-12-8-5-9-13-19/h4-14,22,27H,15H2,1-3H3. The Morgan fingerprint density at radius 3 is 2.26 bits per heavy atom. The monoisotopic (exact) mass is 360 g/mol. The summed E-state index contributed by atoms with van der Waals surface area (Å²) in [4.78, 5) is 0. The minimum atomic E-state index is -0.761. The van der Waals surface area contributed by atoms with E-state index in [1.807, 2.05) is 90.2 Å². The van der Waals surface area contributed by atoms with Crippen molar-refractivity contribution in [3.05, 3.63) is 89.4 Å². The van der Waals surface area contributed by atoms with Crippen LogP contribution >= 0.6 is 0 Å². The molecule has 1 atom stereocenters. The molecule has 27 heavy (non-hydrogen) atoms. The van der Waals surface area contributed by atoms with Crippen LogP contribution in [0.1, 0.15) is 23.9 Å². The number of allylic oxidation sites excluding steroid dienone is 1. The lowest BCUT2D eigenvalue weighted by molar-refractivity contribution is 0.186. The summed E-state index contributed by atoms with van der Waals surface area (Å²) < 4.78 is 1.98. The normalized spacial score (nSPS) is 17.1. The lowest BCUT2D eigenvalue weighted by atomic mass is 10.1. The van der Waals surface area contributed by atoms with Crippen LogP contribution in [0, 0.1) is 6.92 Å². The molecule has 0 saturated heterocycles. The van der Waals surface area contributed by atoms with Crippen molar-refractivity contribution in [1.29, 1.82) is 0 Å². The van der Waals surface area contributed by atoms with Crippen LogP contribution in [-0.4, -0.2) is 33.2 Å². The molecule has 1 aliphatic rings. The van der Waals surface area contributed by atoms with Crippen molar-refractivity contribution in [2.45, 2.75) is 26.6 Å². The zero-order chi connectivity index (χ0) is 19.0. The van der Waals surface area contributed by atoms with E-state index in [-0.39, 0.29) is 0 Å². The third-order valence-corrected chi connectivity index (χ3v) is 5.06. The van der Waals surface area contributed by atoms with E-state index in [0.29, 0.717) is 6.54 Å². The fourth-order valence-electron chi connectivity index (χ4n) is 3.66. The fraction of sp³-hybridized carbons (Fsp3) is 0.227. The quantitative estimate of drug-likeness (QED) is 0.771. The van der Waals surface area contributed by atoms with Crippen molar-refractivity contribution < 1.29 is 5.11 Å². The van der Waals surface area contributed by atoms with Crippen molar-refractivity contribution in [2.24, 2.45) is 0 Å². The van der Waals surface area contributed by atoms with Crippen molar-refractivity contribution in [1.82, 2.24) is 14.8 Å². The van der Waals surface area contributed by atoms with Crippen LogP contribution in [0.4, 0.5) is 5.69 Å². The van der Waals surface area contributed by atoms with E-state index < -0.39 is 6.23 Å². The first-order valence-electron chi connectivity index (χ1n) is 9.12. The van der Waals surface area contributed by atoms with Gasteiger partial charge in [0.2, 0.25) is 0 Å². The lowest BCUT2D eigenvalue weighted by Crippen LogP contribution is -2.40. The number of aromatic nitrogens is 2. The maximum atomic E-state index is 11.2. The second-order valence-corrected chi connectivity index (χ2v) is 6.89. The Morgan fingerprint density at radius 1 is 0.963 bits per heavy atom. The van der Waals surface area contributed by atoms with Gasteiger partial charge >= 0.3 is 0 Å². The number of aryl methyl sites for hydroxylation is 1. The molecule has 0 spiro atoms. The molecular formula is C22H24N4O. The van der Waals surface area contributed by atoms with Crippen LogP contribution in [0.5, 0.6) is 0 Å². The van der Waals surface area contributed by atoms with Crippen LogP contribution in [0.25, 0.3) is 5.57 Å². The summed E-state index contributed by atoms with van der Waals surface area (Å²) in [5.41, 5.74) is 5.92. The number of para-hydroxylation sites is 1. The highest BCUT2D eigenvalue weighted by atomic mass is 16.3. The third kappa shape index (κ3) is 3.11. The van der Waals surface area contributed by atoms with Crippen LogP contribution in [0.15, 0.2) is 72.4 Å². The molecule has 0 aliphatic carbocycles. The number of hydrogen-bond donors (Lipinski definition) is 1. The Morgan fingerprint density at radius 2 is 1.59 bits per heavy atom. The molecule has 4 rings (SSSR count). The second kappa shape index (κ2) is 6.93. The van der Waals surface area contributed by atoms with E-state index >= 15 is 0 Å². The minimum Gasteiger partial charge on any atom is -0.368 e. The van der Waals surface area contributed by atoms with Gasteiger partial charge < -0.3 is 5.11 Å². The molecule has 0 saturated carbocycles. The van der Waals surface area contributed by atoms with E-state index in [0.717, 1.165) is 28.3 Å². The van der Waals surface area contributed by atoms with Gasteiger partial charge in [-0.1, -0.05) is 48.5 Å². The van der Waals surface area contributed by atoms with Gasteiger partial charge in [-0.2, -0.15) is 5.10 Å². The predicted molar refractivity (Wildman–Crippen MR) is 108 cm³/mol. The van der Waals surface area contributed by atoms with Gasteiger partial charge in [0.1, 0.15) is 0 Å². The molecule has 3 aromatic rings. The largest absolute Gasteiger partial charge is 0.368 e. The highest BCUT2D eigenvalue weighted by molar-refractivity contribution is 5.75. The van der Waals surface area contributed by atoms with Crippen molar-refractivity contribution in [3.8, 4) is 0 Å². The van der Waals surface area contributed by atoms with E-state index in [1.54, 1.807) is 0 Å². The summed E-state index contributed by atoms with van der Waals surface area (Å²) in [6.07, 6.45) is -0.761.